The lowest BCUT2D eigenvalue weighted by Crippen LogP contribution is -2.38. The largest absolute Gasteiger partial charge is 0.444 e. The predicted octanol–water partition coefficient (Wildman–Crippen LogP) is 4.47. The second-order valence-corrected chi connectivity index (χ2v) is 9.44. The van der Waals surface area contributed by atoms with Crippen LogP contribution in [-0.4, -0.2) is 46.7 Å². The van der Waals surface area contributed by atoms with Crippen LogP contribution in [0.25, 0.3) is 0 Å². The van der Waals surface area contributed by atoms with Gasteiger partial charge in [0.15, 0.2) is 5.78 Å². The van der Waals surface area contributed by atoms with Crippen molar-refractivity contribution in [2.24, 2.45) is 0 Å². The summed E-state index contributed by atoms with van der Waals surface area (Å²) in [4.78, 5) is 42.4. The molecule has 0 radical (unpaired) electrons. The lowest BCUT2D eigenvalue weighted by Gasteiger charge is -2.26. The Morgan fingerprint density at radius 1 is 1.07 bits per heavy atom. The molecule has 1 fully saturated rings. The number of nitrogens with zero attached hydrogens (tertiary/aromatic N) is 2. The summed E-state index contributed by atoms with van der Waals surface area (Å²) in [5, 5.41) is 2.63. The van der Waals surface area contributed by atoms with Gasteiger partial charge in [0, 0.05) is 30.8 Å². The standard InChI is InChI=1S/C22H33N3O5/c1-21(2,3)29-19(27)23-13-7-8-17(26)15-9-12-18(24-14-15)25(16-10-11-16)20(28)30-22(4,5)6/h9,12,14,16H,7-8,10-11,13H2,1-6H3,(H,23,27). The van der Waals surface area contributed by atoms with Crippen LogP contribution in [0.15, 0.2) is 18.3 Å². The van der Waals surface area contributed by atoms with Crippen molar-refractivity contribution >= 4 is 23.8 Å². The number of rotatable bonds is 7. The highest BCUT2D eigenvalue weighted by Gasteiger charge is 2.37. The molecule has 1 heterocycles. The number of carbonyl (C=O) groups is 3. The van der Waals surface area contributed by atoms with Crippen molar-refractivity contribution < 1.29 is 23.9 Å². The fourth-order valence-corrected chi connectivity index (χ4v) is 2.66. The number of hydrogen-bond acceptors (Lipinski definition) is 6. The first-order valence-electron chi connectivity index (χ1n) is 10.3. The molecule has 1 saturated carbocycles. The van der Waals surface area contributed by atoms with Crippen molar-refractivity contribution in [3.05, 3.63) is 23.9 Å². The predicted molar refractivity (Wildman–Crippen MR) is 114 cm³/mol. The number of hydrogen-bond donors (Lipinski definition) is 1. The van der Waals surface area contributed by atoms with Gasteiger partial charge < -0.3 is 14.8 Å². The van der Waals surface area contributed by atoms with Gasteiger partial charge in [0.2, 0.25) is 0 Å². The molecule has 0 bridgehead atoms. The van der Waals surface area contributed by atoms with E-state index in [-0.39, 0.29) is 18.2 Å². The molecule has 2 amide bonds. The quantitative estimate of drug-likeness (QED) is 0.517. The van der Waals surface area contributed by atoms with Crippen LogP contribution in [0.3, 0.4) is 0 Å². The van der Waals surface area contributed by atoms with Crippen molar-refractivity contribution in [2.45, 2.75) is 84.5 Å². The summed E-state index contributed by atoms with van der Waals surface area (Å²) in [6, 6.07) is 3.44. The minimum absolute atomic E-state index is 0.0738. The van der Waals surface area contributed by atoms with E-state index in [4.69, 9.17) is 9.47 Å². The molecule has 8 heteroatoms. The van der Waals surface area contributed by atoms with Crippen LogP contribution < -0.4 is 10.2 Å². The summed E-state index contributed by atoms with van der Waals surface area (Å²) >= 11 is 0. The second kappa shape index (κ2) is 9.45. The number of anilines is 1. The smallest absolute Gasteiger partial charge is 0.416 e. The molecule has 8 nitrogen and oxygen atoms in total. The molecular formula is C22H33N3O5. The fourth-order valence-electron chi connectivity index (χ4n) is 2.66. The Balaban J connectivity index is 1.87. The molecule has 2 rings (SSSR count). The van der Waals surface area contributed by atoms with Crippen LogP contribution in [0, 0.1) is 0 Å². The number of carbonyl (C=O) groups excluding carboxylic acids is 3. The topological polar surface area (TPSA) is 97.8 Å². The Morgan fingerprint density at radius 3 is 2.20 bits per heavy atom. The zero-order valence-corrected chi connectivity index (χ0v) is 18.8. The lowest BCUT2D eigenvalue weighted by molar-refractivity contribution is 0.0523. The van der Waals surface area contributed by atoms with E-state index in [0.717, 1.165) is 12.8 Å². The molecule has 1 N–H and O–H groups in total. The SMILES string of the molecule is CC(C)(C)OC(=O)NCCCC(=O)c1ccc(N(C(=O)OC(C)(C)C)C2CC2)nc1. The molecule has 1 aliphatic rings. The van der Waals surface area contributed by atoms with E-state index in [1.807, 2.05) is 20.8 Å². The highest BCUT2D eigenvalue weighted by atomic mass is 16.6. The van der Waals surface area contributed by atoms with Gasteiger partial charge in [-0.05, 0) is 72.9 Å². The molecule has 166 valence electrons. The van der Waals surface area contributed by atoms with E-state index >= 15 is 0 Å². The fraction of sp³-hybridized carbons (Fsp3) is 0.636. The number of ether oxygens (including phenoxy) is 2. The first kappa shape index (κ1) is 23.6. The molecule has 0 aromatic carbocycles. The zero-order chi connectivity index (χ0) is 22.5. The van der Waals surface area contributed by atoms with Gasteiger partial charge in [-0.1, -0.05) is 0 Å². The summed E-state index contributed by atoms with van der Waals surface area (Å²) in [5.41, 5.74) is -0.676. The van der Waals surface area contributed by atoms with Gasteiger partial charge in [-0.15, -0.1) is 0 Å². The van der Waals surface area contributed by atoms with E-state index in [9.17, 15) is 14.4 Å². The van der Waals surface area contributed by atoms with E-state index in [2.05, 4.69) is 10.3 Å². The highest BCUT2D eigenvalue weighted by Crippen LogP contribution is 2.32. The molecule has 1 aromatic rings. The summed E-state index contributed by atoms with van der Waals surface area (Å²) in [6.07, 6.45) is 3.14. The number of Topliss-reactive ketones (excluding diaryl/α,β-unsaturated/α-hetero) is 1. The number of amides is 2. The maximum Gasteiger partial charge on any atom is 0.416 e. The summed E-state index contributed by atoms with van der Waals surface area (Å²) in [7, 11) is 0. The summed E-state index contributed by atoms with van der Waals surface area (Å²) in [6.45, 7) is 11.2. The third-order valence-corrected chi connectivity index (χ3v) is 4.07. The van der Waals surface area contributed by atoms with Gasteiger partial charge in [-0.2, -0.15) is 0 Å². The van der Waals surface area contributed by atoms with Gasteiger partial charge in [0.05, 0.1) is 0 Å². The molecule has 0 saturated heterocycles. The Hall–Kier alpha value is -2.64. The molecule has 30 heavy (non-hydrogen) atoms. The molecule has 1 aromatic heterocycles. The summed E-state index contributed by atoms with van der Waals surface area (Å²) < 4.78 is 10.6. The van der Waals surface area contributed by atoms with Crippen LogP contribution >= 0.6 is 0 Å². The number of ketones is 1. The molecular weight excluding hydrogens is 386 g/mol. The van der Waals surface area contributed by atoms with Crippen LogP contribution in [0.2, 0.25) is 0 Å². The Morgan fingerprint density at radius 2 is 1.70 bits per heavy atom. The van der Waals surface area contributed by atoms with E-state index in [1.54, 1.807) is 37.8 Å². The monoisotopic (exact) mass is 419 g/mol. The van der Waals surface area contributed by atoms with E-state index in [0.29, 0.717) is 24.3 Å². The second-order valence-electron chi connectivity index (χ2n) is 9.44. The van der Waals surface area contributed by atoms with Crippen molar-refractivity contribution in [2.75, 3.05) is 11.4 Å². The van der Waals surface area contributed by atoms with Gasteiger partial charge in [-0.25, -0.2) is 14.6 Å². The van der Waals surface area contributed by atoms with Crippen molar-refractivity contribution in [1.29, 1.82) is 0 Å². The Kier molecular flexibility index (Phi) is 7.44. The molecule has 0 atom stereocenters. The highest BCUT2D eigenvalue weighted by molar-refractivity contribution is 5.96. The Labute approximate surface area is 178 Å². The third kappa shape index (κ3) is 8.00. The normalized spacial score (nSPS) is 14.1. The van der Waals surface area contributed by atoms with Crippen molar-refractivity contribution in [3.63, 3.8) is 0 Å². The maximum absolute atomic E-state index is 12.5. The van der Waals surface area contributed by atoms with Gasteiger partial charge in [0.25, 0.3) is 0 Å². The average Bonchev–Trinajstić information content (AvgIpc) is 3.41. The van der Waals surface area contributed by atoms with E-state index in [1.165, 1.54) is 6.20 Å². The number of pyridine rings is 1. The number of alkyl carbamates (subject to hydrolysis) is 1. The van der Waals surface area contributed by atoms with Crippen LogP contribution in [-0.2, 0) is 9.47 Å². The maximum atomic E-state index is 12.5. The van der Waals surface area contributed by atoms with Crippen LogP contribution in [0.5, 0.6) is 0 Å². The third-order valence-electron chi connectivity index (χ3n) is 4.07. The van der Waals surface area contributed by atoms with Crippen molar-refractivity contribution in [3.8, 4) is 0 Å². The number of aromatic nitrogens is 1. The average molecular weight is 420 g/mol. The number of nitrogens with one attached hydrogen (secondary N) is 1. The van der Waals surface area contributed by atoms with Gasteiger partial charge in [0.1, 0.15) is 17.0 Å². The minimum atomic E-state index is -0.590. The lowest BCUT2D eigenvalue weighted by atomic mass is 10.1. The molecule has 1 aliphatic carbocycles. The molecule has 0 spiro atoms. The van der Waals surface area contributed by atoms with Gasteiger partial charge in [-0.3, -0.25) is 9.69 Å². The van der Waals surface area contributed by atoms with Crippen LogP contribution in [0.4, 0.5) is 15.4 Å². The minimum Gasteiger partial charge on any atom is -0.444 e. The first-order chi connectivity index (χ1) is 13.9. The molecule has 0 aliphatic heterocycles. The zero-order valence-electron chi connectivity index (χ0n) is 18.8. The first-order valence-corrected chi connectivity index (χ1v) is 10.3. The summed E-state index contributed by atoms with van der Waals surface area (Å²) in [5.74, 6) is 0.408. The Bertz CT molecular complexity index is 758. The van der Waals surface area contributed by atoms with Crippen molar-refractivity contribution in [1.82, 2.24) is 10.3 Å². The van der Waals surface area contributed by atoms with Crippen LogP contribution in [0.1, 0.15) is 77.6 Å². The van der Waals surface area contributed by atoms with E-state index < -0.39 is 23.4 Å². The molecule has 0 unspecified atom stereocenters. The van der Waals surface area contributed by atoms with Gasteiger partial charge >= 0.3 is 12.2 Å².